The summed E-state index contributed by atoms with van der Waals surface area (Å²) in [5.74, 6) is 0. The van der Waals surface area contributed by atoms with Crippen molar-refractivity contribution in [2.45, 2.75) is 18.2 Å². The number of anilines is 1. The monoisotopic (exact) mass is 353 g/mol. The van der Waals surface area contributed by atoms with Gasteiger partial charge in [0, 0.05) is 11.0 Å². The maximum absolute atomic E-state index is 12.2. The second-order valence-electron chi connectivity index (χ2n) is 4.55. The highest BCUT2D eigenvalue weighted by Gasteiger charge is 2.13. The Morgan fingerprint density at radius 1 is 1.00 bits per heavy atom. The number of hydrogen-bond donors (Lipinski definition) is 1. The number of sulfonamides is 1. The number of halogens is 1. The van der Waals surface area contributed by atoms with Gasteiger partial charge < -0.3 is 0 Å². The van der Waals surface area contributed by atoms with Crippen LogP contribution in [0.15, 0.2) is 53.4 Å². The van der Waals surface area contributed by atoms with Crippen molar-refractivity contribution in [2.24, 2.45) is 0 Å². The number of nitrogens with one attached hydrogen (secondary N) is 1. The zero-order valence-corrected chi connectivity index (χ0v) is 13.5. The Hall–Kier alpha value is -1.33. The number of alkyl halides is 1. The van der Waals surface area contributed by atoms with Crippen LogP contribution in [0, 0.1) is 6.92 Å². The molecular weight excluding hydrogens is 338 g/mol. The van der Waals surface area contributed by atoms with Gasteiger partial charge in [0.2, 0.25) is 0 Å². The van der Waals surface area contributed by atoms with Gasteiger partial charge in [-0.05, 0) is 43.2 Å². The molecule has 0 unspecified atom stereocenters. The Kier molecular flexibility index (Phi) is 4.83. The average Bonchev–Trinajstić information content (AvgIpc) is 2.41. The van der Waals surface area contributed by atoms with Crippen molar-refractivity contribution in [2.75, 3.05) is 10.1 Å². The molecule has 0 radical (unpaired) electrons. The third-order valence-electron chi connectivity index (χ3n) is 2.92. The van der Waals surface area contributed by atoms with Gasteiger partial charge in [0.1, 0.15) is 0 Å². The summed E-state index contributed by atoms with van der Waals surface area (Å²) in [4.78, 5) is 0.271. The molecule has 0 saturated heterocycles. The molecule has 20 heavy (non-hydrogen) atoms. The molecule has 106 valence electrons. The molecule has 0 spiro atoms. The second-order valence-corrected chi connectivity index (χ2v) is 7.03. The van der Waals surface area contributed by atoms with E-state index in [4.69, 9.17) is 0 Å². The van der Waals surface area contributed by atoms with Crippen LogP contribution in [-0.4, -0.2) is 13.7 Å². The van der Waals surface area contributed by atoms with Gasteiger partial charge >= 0.3 is 0 Å². The lowest BCUT2D eigenvalue weighted by atomic mass is 10.2. The average molecular weight is 354 g/mol. The van der Waals surface area contributed by atoms with Crippen LogP contribution in [0.2, 0.25) is 0 Å². The lowest BCUT2D eigenvalue weighted by molar-refractivity contribution is 0.601. The Bertz CT molecular complexity index is 664. The first-order chi connectivity index (χ1) is 9.51. The molecule has 5 heteroatoms. The number of benzene rings is 2. The molecule has 0 aliphatic heterocycles. The Labute approximate surface area is 128 Å². The molecule has 2 aromatic rings. The molecule has 1 N–H and O–H groups in total. The summed E-state index contributed by atoms with van der Waals surface area (Å²) in [6.45, 7) is 1.92. The fourth-order valence-corrected chi connectivity index (χ4v) is 3.30. The summed E-state index contributed by atoms with van der Waals surface area (Å²) in [6, 6.07) is 14.2. The summed E-state index contributed by atoms with van der Waals surface area (Å²) in [5.41, 5.74) is 2.77. The van der Waals surface area contributed by atoms with Crippen molar-refractivity contribution in [1.82, 2.24) is 0 Å². The number of rotatable bonds is 5. The molecule has 0 amide bonds. The van der Waals surface area contributed by atoms with Crippen LogP contribution in [0.25, 0.3) is 0 Å². The molecular formula is C15H16BrNO2S. The highest BCUT2D eigenvalue weighted by Crippen LogP contribution is 2.17. The molecule has 0 aliphatic carbocycles. The van der Waals surface area contributed by atoms with E-state index in [1.807, 2.05) is 19.1 Å². The normalized spacial score (nSPS) is 11.3. The third kappa shape index (κ3) is 3.84. The molecule has 0 bridgehead atoms. The molecule has 0 heterocycles. The standard InChI is InChI=1S/C15H16BrNO2S/c1-12-2-8-15(9-3-12)20(18,19)17-14-6-4-13(5-7-14)10-11-16/h2-9,17H,10-11H2,1H3. The van der Waals surface area contributed by atoms with E-state index in [1.54, 1.807) is 36.4 Å². The van der Waals surface area contributed by atoms with Gasteiger partial charge in [-0.25, -0.2) is 8.42 Å². The van der Waals surface area contributed by atoms with Crippen molar-refractivity contribution < 1.29 is 8.42 Å². The largest absolute Gasteiger partial charge is 0.280 e. The molecule has 2 rings (SSSR count). The minimum absolute atomic E-state index is 0.271. The predicted octanol–water partition coefficient (Wildman–Crippen LogP) is 3.73. The Morgan fingerprint density at radius 3 is 2.15 bits per heavy atom. The van der Waals surface area contributed by atoms with Crippen molar-refractivity contribution in [3.63, 3.8) is 0 Å². The molecule has 0 fully saturated rings. The Balaban J connectivity index is 2.17. The highest BCUT2D eigenvalue weighted by atomic mass is 79.9. The lowest BCUT2D eigenvalue weighted by Crippen LogP contribution is -2.12. The van der Waals surface area contributed by atoms with Crippen LogP contribution in [0.5, 0.6) is 0 Å². The second kappa shape index (κ2) is 6.41. The van der Waals surface area contributed by atoms with E-state index in [-0.39, 0.29) is 4.90 Å². The van der Waals surface area contributed by atoms with E-state index >= 15 is 0 Å². The predicted molar refractivity (Wildman–Crippen MR) is 85.9 cm³/mol. The molecule has 0 saturated carbocycles. The van der Waals surface area contributed by atoms with Crippen LogP contribution >= 0.6 is 15.9 Å². The third-order valence-corrected chi connectivity index (χ3v) is 4.71. The summed E-state index contributed by atoms with van der Waals surface area (Å²) in [5, 5.41) is 0.890. The van der Waals surface area contributed by atoms with Crippen LogP contribution < -0.4 is 4.72 Å². The van der Waals surface area contributed by atoms with E-state index in [0.29, 0.717) is 5.69 Å². The first-order valence-corrected chi connectivity index (χ1v) is 8.86. The minimum atomic E-state index is -3.51. The summed E-state index contributed by atoms with van der Waals surface area (Å²) >= 11 is 3.38. The van der Waals surface area contributed by atoms with Crippen molar-refractivity contribution >= 4 is 31.6 Å². The lowest BCUT2D eigenvalue weighted by Gasteiger charge is -2.09. The van der Waals surface area contributed by atoms with Gasteiger partial charge in [-0.2, -0.15) is 0 Å². The molecule has 0 aromatic heterocycles. The van der Waals surface area contributed by atoms with Gasteiger partial charge in [-0.15, -0.1) is 0 Å². The van der Waals surface area contributed by atoms with Gasteiger partial charge in [0.25, 0.3) is 10.0 Å². The van der Waals surface area contributed by atoms with Crippen LogP contribution in [0.1, 0.15) is 11.1 Å². The van der Waals surface area contributed by atoms with Gasteiger partial charge in [-0.1, -0.05) is 45.8 Å². The fraction of sp³-hybridized carbons (Fsp3) is 0.200. The number of hydrogen-bond acceptors (Lipinski definition) is 2. The summed E-state index contributed by atoms with van der Waals surface area (Å²) in [7, 11) is -3.51. The SMILES string of the molecule is Cc1ccc(S(=O)(=O)Nc2ccc(CCBr)cc2)cc1. The first-order valence-electron chi connectivity index (χ1n) is 6.26. The smallest absolute Gasteiger partial charge is 0.261 e. The van der Waals surface area contributed by atoms with Gasteiger partial charge in [0.05, 0.1) is 4.90 Å². The number of aryl methyl sites for hydroxylation is 2. The van der Waals surface area contributed by atoms with Crippen molar-refractivity contribution in [3.05, 3.63) is 59.7 Å². The zero-order valence-electron chi connectivity index (χ0n) is 11.1. The van der Waals surface area contributed by atoms with E-state index in [2.05, 4.69) is 20.7 Å². The molecule has 0 atom stereocenters. The Morgan fingerprint density at radius 2 is 1.60 bits per heavy atom. The fourth-order valence-electron chi connectivity index (χ4n) is 1.78. The highest BCUT2D eigenvalue weighted by molar-refractivity contribution is 9.09. The summed E-state index contributed by atoms with van der Waals surface area (Å²) in [6.07, 6.45) is 0.922. The van der Waals surface area contributed by atoms with E-state index in [0.717, 1.165) is 17.3 Å². The first kappa shape index (κ1) is 15.1. The minimum Gasteiger partial charge on any atom is -0.280 e. The van der Waals surface area contributed by atoms with Crippen molar-refractivity contribution in [1.29, 1.82) is 0 Å². The maximum atomic E-state index is 12.2. The zero-order chi connectivity index (χ0) is 14.6. The van der Waals surface area contributed by atoms with Crippen LogP contribution in [0.4, 0.5) is 5.69 Å². The van der Waals surface area contributed by atoms with E-state index < -0.39 is 10.0 Å². The van der Waals surface area contributed by atoms with Gasteiger partial charge in [-0.3, -0.25) is 4.72 Å². The van der Waals surface area contributed by atoms with Crippen LogP contribution in [-0.2, 0) is 16.4 Å². The summed E-state index contributed by atoms with van der Waals surface area (Å²) < 4.78 is 27.0. The quantitative estimate of drug-likeness (QED) is 0.832. The topological polar surface area (TPSA) is 46.2 Å². The molecule has 0 aliphatic rings. The van der Waals surface area contributed by atoms with E-state index in [1.165, 1.54) is 5.56 Å². The molecule has 2 aromatic carbocycles. The van der Waals surface area contributed by atoms with Crippen molar-refractivity contribution in [3.8, 4) is 0 Å². The van der Waals surface area contributed by atoms with Gasteiger partial charge in [0.15, 0.2) is 0 Å². The van der Waals surface area contributed by atoms with Crippen LogP contribution in [0.3, 0.4) is 0 Å². The molecule has 3 nitrogen and oxygen atoms in total. The van der Waals surface area contributed by atoms with E-state index in [9.17, 15) is 8.42 Å². The maximum Gasteiger partial charge on any atom is 0.261 e.